The second-order valence-corrected chi connectivity index (χ2v) is 19.3. The summed E-state index contributed by atoms with van der Waals surface area (Å²) in [6.45, 7) is 17.3. The van der Waals surface area contributed by atoms with E-state index in [1.807, 2.05) is 21.1 Å². The lowest BCUT2D eigenvalue weighted by Gasteiger charge is -2.61. The summed E-state index contributed by atoms with van der Waals surface area (Å²) < 4.78 is 34.8. The molecule has 0 aliphatic heterocycles. The summed E-state index contributed by atoms with van der Waals surface area (Å²) in [5.41, 5.74) is 1.03. The summed E-state index contributed by atoms with van der Waals surface area (Å²) in [5, 5.41) is 0. The molecule has 4 aliphatic carbocycles. The van der Waals surface area contributed by atoms with E-state index in [4.69, 9.17) is 18.5 Å². The fourth-order valence-corrected chi connectivity index (χ4v) is 11.8. The van der Waals surface area contributed by atoms with Crippen molar-refractivity contribution < 1.29 is 32.5 Å². The number of nitrogens with zero attached hydrogens (tertiary/aromatic N) is 1. The Morgan fingerprint density at radius 3 is 2.20 bits per heavy atom. The molecule has 0 heterocycles. The molecule has 0 spiro atoms. The molecule has 0 radical (unpaired) electrons. The van der Waals surface area contributed by atoms with Crippen molar-refractivity contribution in [2.75, 3.05) is 60.7 Å². The van der Waals surface area contributed by atoms with Crippen molar-refractivity contribution in [3.8, 4) is 0 Å². The maximum absolute atomic E-state index is 12.0. The average Bonchev–Trinajstić information content (AvgIpc) is 3.33. The van der Waals surface area contributed by atoms with Gasteiger partial charge in [-0.15, -0.1) is 0 Å². The van der Waals surface area contributed by atoms with Gasteiger partial charge >= 0.3 is 7.82 Å². The van der Waals surface area contributed by atoms with E-state index in [0.717, 1.165) is 53.8 Å². The van der Waals surface area contributed by atoms with Crippen LogP contribution >= 0.6 is 7.82 Å². The summed E-state index contributed by atoms with van der Waals surface area (Å²) in [6, 6.07) is 0. The fraction of sp³-hybridized carbons (Fsp3) is 1.00. The van der Waals surface area contributed by atoms with Gasteiger partial charge in [-0.1, -0.05) is 54.4 Å². The maximum atomic E-state index is 12.0. The highest BCUT2D eigenvalue weighted by molar-refractivity contribution is 7.47. The van der Waals surface area contributed by atoms with Crippen LogP contribution in [0.2, 0.25) is 0 Å². The zero-order valence-electron chi connectivity index (χ0n) is 31.3. The number of likely N-dealkylation sites (N-methyl/N-ethyl adjacent to an activating group) is 1. The zero-order valence-corrected chi connectivity index (χ0v) is 32.2. The van der Waals surface area contributed by atoms with Crippen LogP contribution in [0.15, 0.2) is 0 Å². The van der Waals surface area contributed by atoms with Gasteiger partial charge in [-0.3, -0.25) is 9.05 Å². The first-order chi connectivity index (χ1) is 21.6. The van der Waals surface area contributed by atoms with Crippen molar-refractivity contribution in [3.05, 3.63) is 0 Å². The molecule has 46 heavy (non-hydrogen) atoms. The molecule has 1 N–H and O–H groups in total. The lowest BCUT2D eigenvalue weighted by atomic mass is 9.44. The van der Waals surface area contributed by atoms with E-state index in [1.165, 1.54) is 70.6 Å². The van der Waals surface area contributed by atoms with Gasteiger partial charge in [-0.2, -0.15) is 0 Å². The Morgan fingerprint density at radius 2 is 1.50 bits per heavy atom. The SMILES string of the molecule is CC[C@H](CC[C@@H](C)[C@H]1CC[C@H]2[C@@H]3CCC4CC(OCCOCCOP(=O)(O)OCC[N+](C)(C)C)CC[C@]4(C)[C@H]3CC[C@]12C)C(C)C. The van der Waals surface area contributed by atoms with Crippen molar-refractivity contribution in [2.45, 2.75) is 125 Å². The molecule has 4 rings (SSSR count). The topological polar surface area (TPSA) is 74.2 Å². The van der Waals surface area contributed by atoms with Crippen molar-refractivity contribution in [1.29, 1.82) is 0 Å². The van der Waals surface area contributed by atoms with Gasteiger partial charge in [0.05, 0.1) is 53.7 Å². The first kappa shape index (κ1) is 38.8. The first-order valence-electron chi connectivity index (χ1n) is 19.2. The molecule has 11 atom stereocenters. The molecule has 0 aromatic carbocycles. The number of hydrogen-bond donors (Lipinski definition) is 1. The molecule has 270 valence electrons. The average molecular weight is 671 g/mol. The second-order valence-electron chi connectivity index (χ2n) is 17.9. The maximum Gasteiger partial charge on any atom is 0.472 e. The van der Waals surface area contributed by atoms with Gasteiger partial charge in [0.15, 0.2) is 0 Å². The zero-order chi connectivity index (χ0) is 33.8. The standard InChI is InChI=1S/C38H72NO6P/c1-10-30(28(2)3)12-11-29(4)34-15-16-35-33-14-13-31-27-32(17-19-37(31,5)36(33)18-20-38(34,35)6)43-25-23-42-24-26-45-46(40,41)44-22-21-39(7,8)9/h28-36H,10-27H2,1-9H3/p+1/t29-,30-,31?,32?,33+,34-,35+,36+,37+,38-/m1/s1. The number of quaternary nitrogens is 1. The molecule has 0 amide bonds. The fourth-order valence-electron chi connectivity index (χ4n) is 11.1. The number of phosphoric ester groups is 1. The molecule has 0 aromatic rings. The summed E-state index contributed by atoms with van der Waals surface area (Å²) >= 11 is 0. The van der Waals surface area contributed by atoms with E-state index in [9.17, 15) is 9.46 Å². The van der Waals surface area contributed by atoms with Crippen molar-refractivity contribution in [2.24, 2.45) is 58.2 Å². The minimum Gasteiger partial charge on any atom is -0.377 e. The van der Waals surface area contributed by atoms with Crippen LogP contribution < -0.4 is 0 Å². The van der Waals surface area contributed by atoms with Gasteiger partial charge in [0.1, 0.15) is 13.2 Å². The summed E-state index contributed by atoms with van der Waals surface area (Å²) in [6.07, 6.45) is 16.8. The van der Waals surface area contributed by atoms with Crippen LogP contribution in [0.25, 0.3) is 0 Å². The Kier molecular flexibility index (Phi) is 13.8. The minimum atomic E-state index is -4.04. The number of ether oxygens (including phenoxy) is 2. The highest BCUT2D eigenvalue weighted by Crippen LogP contribution is 2.68. The Morgan fingerprint density at radius 1 is 0.826 bits per heavy atom. The first-order valence-corrected chi connectivity index (χ1v) is 20.7. The molecule has 4 fully saturated rings. The van der Waals surface area contributed by atoms with Gasteiger partial charge in [0, 0.05) is 0 Å². The molecular weight excluding hydrogens is 597 g/mol. The molecule has 3 unspecified atom stereocenters. The normalized spacial score (nSPS) is 37.3. The number of hydrogen-bond acceptors (Lipinski definition) is 5. The van der Waals surface area contributed by atoms with Gasteiger partial charge in [0.2, 0.25) is 0 Å². The lowest BCUT2D eigenvalue weighted by Crippen LogP contribution is -2.54. The summed E-state index contributed by atoms with van der Waals surface area (Å²) in [4.78, 5) is 9.85. The van der Waals surface area contributed by atoms with E-state index in [2.05, 4.69) is 41.5 Å². The number of fused-ring (bicyclic) bond motifs is 5. The Labute approximate surface area is 283 Å². The van der Waals surface area contributed by atoms with Gasteiger partial charge in [0.25, 0.3) is 0 Å². The molecule has 7 nitrogen and oxygen atoms in total. The minimum absolute atomic E-state index is 0.0295. The summed E-state index contributed by atoms with van der Waals surface area (Å²) in [7, 11) is 1.98. The monoisotopic (exact) mass is 671 g/mol. The van der Waals surface area contributed by atoms with E-state index in [-0.39, 0.29) is 19.8 Å². The molecule has 0 aromatic heterocycles. The smallest absolute Gasteiger partial charge is 0.377 e. The van der Waals surface area contributed by atoms with Crippen LogP contribution in [-0.4, -0.2) is 76.2 Å². The Balaban J connectivity index is 1.17. The lowest BCUT2D eigenvalue weighted by molar-refractivity contribution is -0.870. The van der Waals surface area contributed by atoms with Gasteiger partial charge in [-0.25, -0.2) is 4.57 Å². The predicted molar refractivity (Wildman–Crippen MR) is 187 cm³/mol. The quantitative estimate of drug-likeness (QED) is 0.0892. The van der Waals surface area contributed by atoms with Crippen LogP contribution in [0.4, 0.5) is 0 Å². The van der Waals surface area contributed by atoms with Gasteiger partial charge in [-0.05, 0) is 122 Å². The molecular formula is C38H73NO6P+. The van der Waals surface area contributed by atoms with Crippen LogP contribution in [0.1, 0.15) is 119 Å². The van der Waals surface area contributed by atoms with E-state index >= 15 is 0 Å². The Bertz CT molecular complexity index is 987. The second kappa shape index (κ2) is 16.3. The third kappa shape index (κ3) is 9.61. The third-order valence-corrected chi connectivity index (χ3v) is 14.9. The van der Waals surface area contributed by atoms with Crippen LogP contribution in [0.5, 0.6) is 0 Å². The molecule has 0 saturated heterocycles. The highest BCUT2D eigenvalue weighted by atomic mass is 31.2. The molecule has 0 bridgehead atoms. The van der Waals surface area contributed by atoms with E-state index in [0.29, 0.717) is 41.2 Å². The number of phosphoric acid groups is 1. The van der Waals surface area contributed by atoms with Crippen LogP contribution in [0, 0.1) is 58.2 Å². The molecule has 8 heteroatoms. The molecule has 4 saturated carbocycles. The van der Waals surface area contributed by atoms with E-state index in [1.54, 1.807) is 0 Å². The summed E-state index contributed by atoms with van der Waals surface area (Å²) in [5.74, 6) is 7.03. The third-order valence-electron chi connectivity index (χ3n) is 13.9. The van der Waals surface area contributed by atoms with Crippen LogP contribution in [0.3, 0.4) is 0 Å². The Hall–Kier alpha value is -0.0100. The van der Waals surface area contributed by atoms with Crippen molar-refractivity contribution >= 4 is 7.82 Å². The largest absolute Gasteiger partial charge is 0.472 e. The molecule has 4 aliphatic rings. The number of rotatable bonds is 18. The van der Waals surface area contributed by atoms with Crippen molar-refractivity contribution in [1.82, 2.24) is 0 Å². The van der Waals surface area contributed by atoms with E-state index < -0.39 is 7.82 Å². The predicted octanol–water partition coefficient (Wildman–Crippen LogP) is 8.99. The van der Waals surface area contributed by atoms with Gasteiger partial charge < -0.3 is 18.9 Å². The van der Waals surface area contributed by atoms with Crippen LogP contribution in [-0.2, 0) is 23.1 Å². The van der Waals surface area contributed by atoms with Crippen molar-refractivity contribution in [3.63, 3.8) is 0 Å². The highest BCUT2D eigenvalue weighted by Gasteiger charge is 2.60.